The van der Waals surface area contributed by atoms with Crippen LogP contribution < -0.4 is 0 Å². The lowest BCUT2D eigenvalue weighted by atomic mass is 9.88. The van der Waals surface area contributed by atoms with E-state index >= 15 is 0 Å². The largest absolute Gasteiger partial charge is 0.388 e. The van der Waals surface area contributed by atoms with Crippen molar-refractivity contribution in [3.05, 3.63) is 77.2 Å². The minimum absolute atomic E-state index is 0.319. The Balaban J connectivity index is 1.82. The molecule has 0 saturated carbocycles. The van der Waals surface area contributed by atoms with Crippen molar-refractivity contribution in [3.8, 4) is 0 Å². The molecule has 2 aromatic carbocycles. The fraction of sp³-hybridized carbons (Fsp3) is 0.222. The van der Waals surface area contributed by atoms with E-state index in [2.05, 4.69) is 42.5 Å². The smallest absolute Gasteiger partial charge is 0.0849 e. The van der Waals surface area contributed by atoms with E-state index in [0.29, 0.717) is 5.92 Å². The van der Waals surface area contributed by atoms with Gasteiger partial charge < -0.3 is 5.11 Å². The molecule has 0 aromatic heterocycles. The average molecular weight is 282 g/mol. The van der Waals surface area contributed by atoms with Crippen LogP contribution in [0.25, 0.3) is 0 Å². The molecule has 2 unspecified atom stereocenters. The standard InChI is InChI=1S/C18H18OS/c19-17-12-11-15(14-7-3-1-4-8-14)13-18(17)20-16-9-5-2-6-10-16/h1-10,13,15,17,19H,11-12H2. The molecule has 0 radical (unpaired) electrons. The number of benzene rings is 2. The highest BCUT2D eigenvalue weighted by atomic mass is 32.2. The molecule has 2 atom stereocenters. The highest BCUT2D eigenvalue weighted by Crippen LogP contribution is 2.38. The van der Waals surface area contributed by atoms with Crippen LogP contribution in [0.3, 0.4) is 0 Å². The fourth-order valence-corrected chi connectivity index (χ4v) is 3.61. The Morgan fingerprint density at radius 2 is 1.50 bits per heavy atom. The summed E-state index contributed by atoms with van der Waals surface area (Å²) in [4.78, 5) is 2.27. The number of thioether (sulfide) groups is 1. The number of hydrogen-bond acceptors (Lipinski definition) is 2. The third-order valence-corrected chi connectivity index (χ3v) is 4.80. The molecule has 0 bridgehead atoms. The van der Waals surface area contributed by atoms with Crippen LogP contribution in [0.5, 0.6) is 0 Å². The summed E-state index contributed by atoms with van der Waals surface area (Å²) in [6.07, 6.45) is 3.77. The lowest BCUT2D eigenvalue weighted by Gasteiger charge is -2.25. The van der Waals surface area contributed by atoms with Gasteiger partial charge in [-0.15, -0.1) is 0 Å². The first-order chi connectivity index (χ1) is 9.83. The summed E-state index contributed by atoms with van der Waals surface area (Å²) in [6.45, 7) is 0. The first-order valence-corrected chi connectivity index (χ1v) is 7.82. The SMILES string of the molecule is OC1CCC(c2ccccc2)C=C1Sc1ccccc1. The lowest BCUT2D eigenvalue weighted by Crippen LogP contribution is -2.16. The van der Waals surface area contributed by atoms with Crippen molar-refractivity contribution in [3.63, 3.8) is 0 Å². The molecule has 1 aliphatic carbocycles. The van der Waals surface area contributed by atoms with E-state index in [1.165, 1.54) is 10.5 Å². The van der Waals surface area contributed by atoms with E-state index in [1.807, 2.05) is 24.3 Å². The minimum atomic E-state index is -0.319. The maximum atomic E-state index is 10.2. The van der Waals surface area contributed by atoms with Gasteiger partial charge in [0.1, 0.15) is 0 Å². The molecule has 0 heterocycles. The summed E-state index contributed by atoms with van der Waals surface area (Å²) in [5.41, 5.74) is 1.34. The van der Waals surface area contributed by atoms with Crippen LogP contribution in [0.1, 0.15) is 24.3 Å². The van der Waals surface area contributed by atoms with Gasteiger partial charge in [0, 0.05) is 15.7 Å². The van der Waals surface area contributed by atoms with E-state index < -0.39 is 0 Å². The third kappa shape index (κ3) is 3.14. The van der Waals surface area contributed by atoms with Crippen LogP contribution in [-0.4, -0.2) is 11.2 Å². The number of aliphatic hydroxyl groups is 1. The Morgan fingerprint density at radius 1 is 0.850 bits per heavy atom. The number of rotatable bonds is 3. The predicted octanol–water partition coefficient (Wildman–Crippen LogP) is 4.60. The lowest BCUT2D eigenvalue weighted by molar-refractivity contribution is 0.197. The average Bonchev–Trinajstić information content (AvgIpc) is 2.51. The molecular weight excluding hydrogens is 264 g/mol. The molecule has 20 heavy (non-hydrogen) atoms. The molecule has 0 aliphatic heterocycles. The van der Waals surface area contributed by atoms with Crippen molar-refractivity contribution in [2.75, 3.05) is 0 Å². The van der Waals surface area contributed by atoms with Crippen molar-refractivity contribution < 1.29 is 5.11 Å². The molecule has 2 heteroatoms. The maximum Gasteiger partial charge on any atom is 0.0849 e. The second-order valence-electron chi connectivity index (χ2n) is 5.09. The van der Waals surface area contributed by atoms with Gasteiger partial charge in [-0.1, -0.05) is 66.4 Å². The van der Waals surface area contributed by atoms with E-state index in [1.54, 1.807) is 11.8 Å². The summed E-state index contributed by atoms with van der Waals surface area (Å²) in [5.74, 6) is 0.422. The zero-order valence-electron chi connectivity index (χ0n) is 11.3. The van der Waals surface area contributed by atoms with Gasteiger partial charge in [-0.2, -0.15) is 0 Å². The molecule has 1 aliphatic rings. The Kier molecular flexibility index (Phi) is 4.24. The van der Waals surface area contributed by atoms with Gasteiger partial charge in [-0.3, -0.25) is 0 Å². The molecule has 1 N–H and O–H groups in total. The first-order valence-electron chi connectivity index (χ1n) is 7.00. The fourth-order valence-electron chi connectivity index (χ4n) is 2.56. The Labute approximate surface area is 124 Å². The van der Waals surface area contributed by atoms with Gasteiger partial charge in [0.2, 0.25) is 0 Å². The van der Waals surface area contributed by atoms with E-state index in [0.717, 1.165) is 17.7 Å². The van der Waals surface area contributed by atoms with Crippen molar-refractivity contribution in [2.45, 2.75) is 29.8 Å². The quantitative estimate of drug-likeness (QED) is 0.887. The molecule has 1 nitrogen and oxygen atoms in total. The van der Waals surface area contributed by atoms with Crippen molar-refractivity contribution in [1.82, 2.24) is 0 Å². The molecule has 0 fully saturated rings. The van der Waals surface area contributed by atoms with Crippen LogP contribution in [0.4, 0.5) is 0 Å². The summed E-state index contributed by atoms with van der Waals surface area (Å²) in [7, 11) is 0. The van der Waals surface area contributed by atoms with Gasteiger partial charge >= 0.3 is 0 Å². The molecule has 102 valence electrons. The van der Waals surface area contributed by atoms with Gasteiger partial charge in [-0.05, 0) is 30.5 Å². The van der Waals surface area contributed by atoms with Crippen molar-refractivity contribution >= 4 is 11.8 Å². The second kappa shape index (κ2) is 6.29. The Morgan fingerprint density at radius 3 is 2.20 bits per heavy atom. The zero-order chi connectivity index (χ0) is 13.8. The summed E-state index contributed by atoms with van der Waals surface area (Å²) >= 11 is 1.68. The molecule has 0 saturated heterocycles. The molecule has 0 spiro atoms. The van der Waals surface area contributed by atoms with Gasteiger partial charge in [0.15, 0.2) is 0 Å². The summed E-state index contributed by atoms with van der Waals surface area (Å²) in [5, 5.41) is 10.2. The van der Waals surface area contributed by atoms with E-state index in [4.69, 9.17) is 0 Å². The van der Waals surface area contributed by atoms with Crippen molar-refractivity contribution in [1.29, 1.82) is 0 Å². The third-order valence-electron chi connectivity index (χ3n) is 3.65. The molecule has 3 rings (SSSR count). The maximum absolute atomic E-state index is 10.2. The van der Waals surface area contributed by atoms with Crippen LogP contribution in [0.15, 0.2) is 76.5 Å². The van der Waals surface area contributed by atoms with Gasteiger partial charge in [0.05, 0.1) is 6.10 Å². The van der Waals surface area contributed by atoms with Crippen LogP contribution in [0.2, 0.25) is 0 Å². The Bertz CT molecular complexity index is 577. The van der Waals surface area contributed by atoms with E-state index in [-0.39, 0.29) is 6.10 Å². The number of hydrogen-bond donors (Lipinski definition) is 1. The second-order valence-corrected chi connectivity index (χ2v) is 6.24. The minimum Gasteiger partial charge on any atom is -0.388 e. The molecule has 2 aromatic rings. The zero-order valence-corrected chi connectivity index (χ0v) is 12.1. The summed E-state index contributed by atoms with van der Waals surface area (Å²) in [6, 6.07) is 20.8. The predicted molar refractivity (Wildman–Crippen MR) is 84.8 cm³/mol. The topological polar surface area (TPSA) is 20.2 Å². The summed E-state index contributed by atoms with van der Waals surface area (Å²) < 4.78 is 0. The Hall–Kier alpha value is -1.51. The highest BCUT2D eigenvalue weighted by Gasteiger charge is 2.22. The van der Waals surface area contributed by atoms with Crippen molar-refractivity contribution in [2.24, 2.45) is 0 Å². The number of aliphatic hydroxyl groups excluding tert-OH is 1. The monoisotopic (exact) mass is 282 g/mol. The highest BCUT2D eigenvalue weighted by molar-refractivity contribution is 8.03. The van der Waals surface area contributed by atoms with Gasteiger partial charge in [0.25, 0.3) is 0 Å². The molecular formula is C18H18OS. The van der Waals surface area contributed by atoms with Gasteiger partial charge in [-0.25, -0.2) is 0 Å². The van der Waals surface area contributed by atoms with E-state index in [9.17, 15) is 5.11 Å². The van der Waals surface area contributed by atoms with Crippen LogP contribution in [0, 0.1) is 0 Å². The molecule has 0 amide bonds. The normalized spacial score (nSPS) is 22.4. The van der Waals surface area contributed by atoms with Crippen LogP contribution >= 0.6 is 11.8 Å². The number of allylic oxidation sites excluding steroid dienone is 1. The first kappa shape index (κ1) is 13.5. The van der Waals surface area contributed by atoms with Crippen LogP contribution in [-0.2, 0) is 0 Å².